The Morgan fingerprint density at radius 3 is 2.23 bits per heavy atom. The fraction of sp³-hybridized carbons (Fsp3) is 0.680. The Bertz CT molecular complexity index is 708. The molecule has 0 saturated carbocycles. The zero-order valence-electron chi connectivity index (χ0n) is 18.9. The first-order valence-electron chi connectivity index (χ1n) is 12.0. The Kier molecular flexibility index (Phi) is 8.73. The van der Waals surface area contributed by atoms with Gasteiger partial charge in [-0.1, -0.05) is 19.8 Å². The number of rotatable bonds is 9. The van der Waals surface area contributed by atoms with Crippen molar-refractivity contribution < 1.29 is 18.7 Å². The van der Waals surface area contributed by atoms with Crippen molar-refractivity contribution in [2.45, 2.75) is 71.1 Å². The average Bonchev–Trinajstić information content (AvgIpc) is 2.80. The van der Waals surface area contributed by atoms with Crippen molar-refractivity contribution in [1.82, 2.24) is 9.80 Å². The second kappa shape index (κ2) is 11.5. The lowest BCUT2D eigenvalue weighted by Crippen LogP contribution is -2.48. The number of hydrogen-bond donors (Lipinski definition) is 0. The van der Waals surface area contributed by atoms with Crippen LogP contribution >= 0.6 is 0 Å². The van der Waals surface area contributed by atoms with Gasteiger partial charge in [0.2, 0.25) is 11.8 Å². The SMILES string of the molecule is CCCCCC(=O)N1CCC(COc2ccc(F)cc2)(CC(=O)N2CCCCC2)CC1. The zero-order chi connectivity index (χ0) is 22.1. The van der Waals surface area contributed by atoms with Gasteiger partial charge in [0, 0.05) is 44.4 Å². The van der Waals surface area contributed by atoms with Gasteiger partial charge in [-0.15, -0.1) is 0 Å². The second-order valence-corrected chi connectivity index (χ2v) is 9.20. The Morgan fingerprint density at radius 1 is 0.935 bits per heavy atom. The van der Waals surface area contributed by atoms with Crippen LogP contribution in [-0.2, 0) is 9.59 Å². The number of piperidine rings is 2. The molecule has 2 fully saturated rings. The maximum atomic E-state index is 13.2. The maximum Gasteiger partial charge on any atom is 0.223 e. The molecule has 1 aromatic rings. The summed E-state index contributed by atoms with van der Waals surface area (Å²) >= 11 is 0. The predicted molar refractivity (Wildman–Crippen MR) is 119 cm³/mol. The van der Waals surface area contributed by atoms with Gasteiger partial charge in [0.25, 0.3) is 0 Å². The summed E-state index contributed by atoms with van der Waals surface area (Å²) in [6.45, 7) is 5.58. The van der Waals surface area contributed by atoms with Crippen molar-refractivity contribution in [3.05, 3.63) is 30.1 Å². The average molecular weight is 433 g/mol. The molecule has 2 saturated heterocycles. The van der Waals surface area contributed by atoms with Crippen molar-refractivity contribution in [3.63, 3.8) is 0 Å². The van der Waals surface area contributed by atoms with E-state index < -0.39 is 0 Å². The van der Waals surface area contributed by atoms with Crippen LogP contribution in [-0.4, -0.2) is 54.4 Å². The molecule has 0 spiro atoms. The van der Waals surface area contributed by atoms with Crippen LogP contribution < -0.4 is 4.74 Å². The third-order valence-corrected chi connectivity index (χ3v) is 6.76. The number of hydrogen-bond acceptors (Lipinski definition) is 3. The van der Waals surface area contributed by atoms with Crippen molar-refractivity contribution in [3.8, 4) is 5.75 Å². The van der Waals surface area contributed by atoms with Crippen molar-refractivity contribution >= 4 is 11.8 Å². The standard InChI is InChI=1S/C25H37FN2O3/c1-2-3-5-8-23(29)28-17-13-25(14-18-28,19-24(30)27-15-6-4-7-16-27)20-31-22-11-9-21(26)10-12-22/h9-12H,2-8,13-20H2,1H3. The molecule has 31 heavy (non-hydrogen) atoms. The van der Waals surface area contributed by atoms with Crippen molar-refractivity contribution in [2.24, 2.45) is 5.41 Å². The van der Waals surface area contributed by atoms with Gasteiger partial charge in [-0.2, -0.15) is 0 Å². The Labute approximate surface area is 185 Å². The molecule has 0 radical (unpaired) electrons. The highest BCUT2D eigenvalue weighted by molar-refractivity contribution is 5.78. The van der Waals surface area contributed by atoms with Crippen LogP contribution in [0.4, 0.5) is 4.39 Å². The van der Waals surface area contributed by atoms with Gasteiger partial charge in [0.15, 0.2) is 0 Å². The number of carbonyl (C=O) groups excluding carboxylic acids is 2. The smallest absolute Gasteiger partial charge is 0.223 e. The van der Waals surface area contributed by atoms with Crippen LogP contribution in [0.2, 0.25) is 0 Å². The van der Waals surface area contributed by atoms with E-state index in [1.54, 1.807) is 12.1 Å². The highest BCUT2D eigenvalue weighted by Crippen LogP contribution is 2.37. The van der Waals surface area contributed by atoms with Gasteiger partial charge in [0.05, 0.1) is 6.61 Å². The van der Waals surface area contributed by atoms with Crippen LogP contribution in [0.1, 0.15) is 71.1 Å². The molecular formula is C25H37FN2O3. The normalized spacial score (nSPS) is 18.6. The summed E-state index contributed by atoms with van der Waals surface area (Å²) in [7, 11) is 0. The van der Waals surface area contributed by atoms with Crippen LogP contribution in [0, 0.1) is 11.2 Å². The molecule has 3 rings (SSSR count). The van der Waals surface area contributed by atoms with Gasteiger partial charge in [-0.3, -0.25) is 9.59 Å². The topological polar surface area (TPSA) is 49.9 Å². The van der Waals surface area contributed by atoms with Gasteiger partial charge >= 0.3 is 0 Å². The number of amides is 2. The number of halogens is 1. The molecule has 2 amide bonds. The first-order chi connectivity index (χ1) is 15.0. The second-order valence-electron chi connectivity index (χ2n) is 9.20. The van der Waals surface area contributed by atoms with E-state index in [-0.39, 0.29) is 23.0 Å². The monoisotopic (exact) mass is 432 g/mol. The summed E-state index contributed by atoms with van der Waals surface area (Å²) < 4.78 is 19.2. The van der Waals surface area contributed by atoms with Crippen LogP contribution in [0.25, 0.3) is 0 Å². The summed E-state index contributed by atoms with van der Waals surface area (Å²) in [4.78, 5) is 29.6. The summed E-state index contributed by atoms with van der Waals surface area (Å²) in [5, 5.41) is 0. The molecule has 0 N–H and O–H groups in total. The molecule has 0 atom stereocenters. The van der Waals surface area contributed by atoms with E-state index in [9.17, 15) is 14.0 Å². The molecule has 2 heterocycles. The zero-order valence-corrected chi connectivity index (χ0v) is 18.9. The number of benzene rings is 1. The third-order valence-electron chi connectivity index (χ3n) is 6.76. The Balaban J connectivity index is 1.62. The molecule has 172 valence electrons. The van der Waals surface area contributed by atoms with Crippen LogP contribution in [0.5, 0.6) is 5.75 Å². The van der Waals surface area contributed by atoms with E-state index >= 15 is 0 Å². The lowest BCUT2D eigenvalue weighted by atomic mass is 9.75. The van der Waals surface area contributed by atoms with Crippen molar-refractivity contribution in [1.29, 1.82) is 0 Å². The number of ether oxygens (including phenoxy) is 1. The van der Waals surface area contributed by atoms with Gasteiger partial charge in [0.1, 0.15) is 11.6 Å². The minimum Gasteiger partial charge on any atom is -0.493 e. The van der Waals surface area contributed by atoms with Crippen LogP contribution in [0.15, 0.2) is 24.3 Å². The third kappa shape index (κ3) is 6.94. The minimum atomic E-state index is -0.294. The molecule has 0 aliphatic carbocycles. The number of likely N-dealkylation sites (tertiary alicyclic amines) is 2. The fourth-order valence-electron chi connectivity index (χ4n) is 4.63. The Morgan fingerprint density at radius 2 is 1.58 bits per heavy atom. The summed E-state index contributed by atoms with van der Waals surface area (Å²) in [5.41, 5.74) is -0.289. The summed E-state index contributed by atoms with van der Waals surface area (Å²) in [5.74, 6) is 0.746. The lowest BCUT2D eigenvalue weighted by molar-refractivity contribution is -0.138. The highest BCUT2D eigenvalue weighted by Gasteiger charge is 2.39. The van der Waals surface area contributed by atoms with Gasteiger partial charge in [-0.05, 0) is 62.8 Å². The van der Waals surface area contributed by atoms with E-state index in [4.69, 9.17) is 4.74 Å². The molecule has 1 aromatic carbocycles. The molecule has 2 aliphatic rings. The number of nitrogens with zero attached hydrogens (tertiary/aromatic N) is 2. The highest BCUT2D eigenvalue weighted by atomic mass is 19.1. The summed E-state index contributed by atoms with van der Waals surface area (Å²) in [6.07, 6.45) is 9.05. The minimum absolute atomic E-state index is 0.199. The molecule has 5 nitrogen and oxygen atoms in total. The molecule has 2 aliphatic heterocycles. The van der Waals surface area contributed by atoms with E-state index in [1.165, 1.54) is 18.6 Å². The maximum absolute atomic E-state index is 13.2. The van der Waals surface area contributed by atoms with Crippen molar-refractivity contribution in [2.75, 3.05) is 32.8 Å². The first-order valence-corrected chi connectivity index (χ1v) is 12.0. The van der Waals surface area contributed by atoms with E-state index in [0.29, 0.717) is 38.3 Å². The summed E-state index contributed by atoms with van der Waals surface area (Å²) in [6, 6.07) is 6.03. The number of carbonyl (C=O) groups is 2. The van der Waals surface area contributed by atoms with Gasteiger partial charge < -0.3 is 14.5 Å². The van der Waals surface area contributed by atoms with E-state index in [2.05, 4.69) is 6.92 Å². The van der Waals surface area contributed by atoms with Crippen LogP contribution in [0.3, 0.4) is 0 Å². The molecular weight excluding hydrogens is 395 g/mol. The fourth-order valence-corrected chi connectivity index (χ4v) is 4.63. The molecule has 0 unspecified atom stereocenters. The molecule has 6 heteroatoms. The number of unbranched alkanes of at least 4 members (excludes halogenated alkanes) is 2. The molecule has 0 bridgehead atoms. The van der Waals surface area contributed by atoms with E-state index in [1.807, 2.05) is 9.80 Å². The van der Waals surface area contributed by atoms with E-state index in [0.717, 1.165) is 58.0 Å². The van der Waals surface area contributed by atoms with Gasteiger partial charge in [-0.25, -0.2) is 4.39 Å². The lowest BCUT2D eigenvalue weighted by Gasteiger charge is -2.42. The first kappa shape index (κ1) is 23.6. The largest absolute Gasteiger partial charge is 0.493 e. The molecule has 0 aromatic heterocycles. The Hall–Kier alpha value is -2.11. The predicted octanol–water partition coefficient (Wildman–Crippen LogP) is 4.80. The quantitative estimate of drug-likeness (QED) is 0.527.